The highest BCUT2D eigenvalue weighted by molar-refractivity contribution is 6.75. The van der Waals surface area contributed by atoms with E-state index in [2.05, 4.69) is 24.7 Å². The summed E-state index contributed by atoms with van der Waals surface area (Å²) < 4.78 is 2.56. The number of hydrogen-bond donors (Lipinski definition) is 0. The summed E-state index contributed by atoms with van der Waals surface area (Å²) in [5.74, 6) is 0. The summed E-state index contributed by atoms with van der Waals surface area (Å²) in [4.78, 5) is 0. The van der Waals surface area contributed by atoms with Crippen molar-refractivity contribution in [3.63, 3.8) is 0 Å². The fraction of sp³-hybridized carbons (Fsp3) is 1.00. The van der Waals surface area contributed by atoms with Crippen LogP contribution < -0.4 is 0 Å². The minimum absolute atomic E-state index is 0.810. The number of hydrogen-bond acceptors (Lipinski definition) is 1. The summed E-state index contributed by atoms with van der Waals surface area (Å²) in [5, 5.41) is 0. The van der Waals surface area contributed by atoms with Gasteiger partial charge in [-0.2, -0.15) is 0 Å². The molecule has 0 atom stereocenters. The second kappa shape index (κ2) is 1.85. The first-order valence-corrected chi connectivity index (χ1v) is 6.49. The molecular formula is C6H15NSi. The van der Waals surface area contributed by atoms with Crippen LogP contribution in [0, 0.1) is 0 Å². The van der Waals surface area contributed by atoms with Crippen molar-refractivity contribution < 1.29 is 0 Å². The Morgan fingerprint density at radius 3 is 2.12 bits per heavy atom. The Balaban J connectivity index is 2.54. The minimum Gasteiger partial charge on any atom is -0.326 e. The van der Waals surface area contributed by atoms with Crippen molar-refractivity contribution in [1.82, 2.24) is 4.57 Å². The van der Waals surface area contributed by atoms with Gasteiger partial charge in [0.15, 0.2) is 0 Å². The zero-order valence-electron chi connectivity index (χ0n) is 6.07. The Kier molecular flexibility index (Phi) is 1.45. The molecular weight excluding hydrogens is 114 g/mol. The molecule has 8 heavy (non-hydrogen) atoms. The normalized spacial score (nSPS) is 28.9. The van der Waals surface area contributed by atoms with Gasteiger partial charge in [0.1, 0.15) is 8.24 Å². The van der Waals surface area contributed by atoms with Crippen molar-refractivity contribution in [2.24, 2.45) is 0 Å². The predicted molar refractivity (Wildman–Crippen MR) is 39.5 cm³/mol. The molecule has 48 valence electrons. The fourth-order valence-electron chi connectivity index (χ4n) is 1.24. The van der Waals surface area contributed by atoms with Gasteiger partial charge in [-0.15, -0.1) is 0 Å². The maximum absolute atomic E-state index is 2.56. The van der Waals surface area contributed by atoms with Crippen LogP contribution in [0.15, 0.2) is 0 Å². The monoisotopic (exact) mass is 129 g/mol. The molecule has 0 aromatic heterocycles. The van der Waals surface area contributed by atoms with Gasteiger partial charge in [-0.25, -0.2) is 0 Å². The van der Waals surface area contributed by atoms with Gasteiger partial charge >= 0.3 is 0 Å². The second-order valence-electron chi connectivity index (χ2n) is 3.34. The van der Waals surface area contributed by atoms with Crippen LogP contribution in [-0.4, -0.2) is 26.4 Å². The average Bonchev–Trinajstić information content (AvgIpc) is 1.86. The van der Waals surface area contributed by atoms with Crippen LogP contribution in [0.1, 0.15) is 6.42 Å². The Morgan fingerprint density at radius 1 is 1.38 bits per heavy atom. The summed E-state index contributed by atoms with van der Waals surface area (Å²) in [6.45, 7) is 6.24. The van der Waals surface area contributed by atoms with Crippen LogP contribution in [-0.2, 0) is 0 Å². The standard InChI is InChI=1S/C6H15NSi/c1-7-5-4-6-8(7,2)3/h4-6H2,1-3H3. The van der Waals surface area contributed by atoms with Crippen LogP contribution in [0.4, 0.5) is 0 Å². The van der Waals surface area contributed by atoms with Crippen LogP contribution >= 0.6 is 0 Å². The molecule has 1 nitrogen and oxygen atoms in total. The first kappa shape index (κ1) is 6.30. The van der Waals surface area contributed by atoms with E-state index < -0.39 is 8.24 Å². The molecule has 0 spiro atoms. The zero-order chi connectivity index (χ0) is 6.20. The highest BCUT2D eigenvalue weighted by Crippen LogP contribution is 2.22. The predicted octanol–water partition coefficient (Wildman–Crippen LogP) is 1.53. The van der Waals surface area contributed by atoms with E-state index in [0.717, 1.165) is 0 Å². The molecule has 0 aromatic carbocycles. The molecule has 2 heteroatoms. The molecule has 0 amide bonds. The van der Waals surface area contributed by atoms with Crippen molar-refractivity contribution in [2.75, 3.05) is 13.6 Å². The first-order valence-electron chi connectivity index (χ1n) is 3.34. The summed E-state index contributed by atoms with van der Waals surface area (Å²) in [6, 6.07) is 1.50. The minimum atomic E-state index is -0.810. The van der Waals surface area contributed by atoms with Crippen molar-refractivity contribution in [3.05, 3.63) is 0 Å². The van der Waals surface area contributed by atoms with Gasteiger partial charge in [-0.3, -0.25) is 0 Å². The van der Waals surface area contributed by atoms with Gasteiger partial charge in [-0.05, 0) is 26.1 Å². The quantitative estimate of drug-likeness (QED) is 0.448. The van der Waals surface area contributed by atoms with E-state index in [1.807, 2.05) is 0 Å². The average molecular weight is 129 g/mol. The lowest BCUT2D eigenvalue weighted by Crippen LogP contribution is -2.39. The molecule has 0 saturated carbocycles. The second-order valence-corrected chi connectivity index (χ2v) is 8.23. The summed E-state index contributed by atoms with van der Waals surface area (Å²) in [6.07, 6.45) is 1.44. The molecule has 0 N–H and O–H groups in total. The third-order valence-electron chi connectivity index (χ3n) is 2.32. The van der Waals surface area contributed by atoms with Gasteiger partial charge in [-0.1, -0.05) is 13.1 Å². The van der Waals surface area contributed by atoms with Crippen LogP contribution in [0.25, 0.3) is 0 Å². The first-order chi connectivity index (χ1) is 3.63. The van der Waals surface area contributed by atoms with E-state index >= 15 is 0 Å². The summed E-state index contributed by atoms with van der Waals surface area (Å²) in [5.41, 5.74) is 0. The van der Waals surface area contributed by atoms with Gasteiger partial charge < -0.3 is 4.57 Å². The molecule has 0 aliphatic carbocycles. The Hall–Kier alpha value is 0.177. The molecule has 0 bridgehead atoms. The SMILES string of the molecule is CN1CCC[Si]1(C)C. The van der Waals surface area contributed by atoms with Crippen molar-refractivity contribution >= 4 is 8.24 Å². The highest BCUT2D eigenvalue weighted by Gasteiger charge is 2.30. The summed E-state index contributed by atoms with van der Waals surface area (Å²) in [7, 11) is 1.45. The van der Waals surface area contributed by atoms with Crippen LogP contribution in [0.5, 0.6) is 0 Å². The number of nitrogens with zero attached hydrogens (tertiary/aromatic N) is 1. The molecule has 1 fully saturated rings. The summed E-state index contributed by atoms with van der Waals surface area (Å²) >= 11 is 0. The maximum atomic E-state index is 2.56. The largest absolute Gasteiger partial charge is 0.326 e. The van der Waals surface area contributed by atoms with E-state index in [9.17, 15) is 0 Å². The van der Waals surface area contributed by atoms with Crippen molar-refractivity contribution in [1.29, 1.82) is 0 Å². The molecule has 1 rings (SSSR count). The van der Waals surface area contributed by atoms with Crippen LogP contribution in [0.3, 0.4) is 0 Å². The van der Waals surface area contributed by atoms with Crippen molar-refractivity contribution in [2.45, 2.75) is 25.6 Å². The Bertz CT molecular complexity index is 90.5. The molecule has 1 saturated heterocycles. The van der Waals surface area contributed by atoms with E-state index in [-0.39, 0.29) is 0 Å². The van der Waals surface area contributed by atoms with Gasteiger partial charge in [0.2, 0.25) is 0 Å². The molecule has 1 aliphatic rings. The highest BCUT2D eigenvalue weighted by atomic mass is 28.3. The molecule has 0 aromatic rings. The molecule has 0 radical (unpaired) electrons. The van der Waals surface area contributed by atoms with E-state index in [4.69, 9.17) is 0 Å². The van der Waals surface area contributed by atoms with Gasteiger partial charge in [0, 0.05) is 0 Å². The Morgan fingerprint density at radius 2 is 2.00 bits per heavy atom. The number of rotatable bonds is 0. The van der Waals surface area contributed by atoms with Crippen molar-refractivity contribution in [3.8, 4) is 0 Å². The zero-order valence-corrected chi connectivity index (χ0v) is 7.07. The van der Waals surface area contributed by atoms with Crippen LogP contribution in [0.2, 0.25) is 19.1 Å². The topological polar surface area (TPSA) is 3.24 Å². The lowest BCUT2D eigenvalue weighted by molar-refractivity contribution is 0.554. The lowest BCUT2D eigenvalue weighted by Gasteiger charge is -2.24. The third-order valence-corrected chi connectivity index (χ3v) is 6.18. The van der Waals surface area contributed by atoms with E-state index in [0.29, 0.717) is 0 Å². The van der Waals surface area contributed by atoms with E-state index in [1.54, 1.807) is 0 Å². The molecule has 0 unspecified atom stereocenters. The smallest absolute Gasteiger partial charge is 0.121 e. The molecule has 1 heterocycles. The lowest BCUT2D eigenvalue weighted by atomic mass is 10.5. The maximum Gasteiger partial charge on any atom is 0.121 e. The van der Waals surface area contributed by atoms with Gasteiger partial charge in [0.25, 0.3) is 0 Å². The van der Waals surface area contributed by atoms with Gasteiger partial charge in [0.05, 0.1) is 0 Å². The third kappa shape index (κ3) is 0.953. The van der Waals surface area contributed by atoms with E-state index in [1.165, 1.54) is 19.0 Å². The molecule has 1 aliphatic heterocycles. The Labute approximate surface area is 52.8 Å². The fourth-order valence-corrected chi connectivity index (χ4v) is 3.41.